The summed E-state index contributed by atoms with van der Waals surface area (Å²) in [6.07, 6.45) is 3.81. The Balaban J connectivity index is 1.99. The van der Waals surface area contributed by atoms with Crippen LogP contribution in [0, 0.1) is 0 Å². The lowest BCUT2D eigenvalue weighted by Gasteiger charge is -2.41. The Labute approximate surface area is 141 Å². The lowest BCUT2D eigenvalue weighted by Crippen LogP contribution is -2.53. The average molecular weight is 369 g/mol. The number of nitrogens with one attached hydrogen (secondary N) is 1. The molecule has 0 atom stereocenters. The van der Waals surface area contributed by atoms with Gasteiger partial charge in [-0.15, -0.1) is 0 Å². The third kappa shape index (κ3) is 4.23. The van der Waals surface area contributed by atoms with Crippen LogP contribution in [0.4, 0.5) is 0 Å². The maximum Gasteiger partial charge on any atom is 0.252 e. The number of rotatable bonds is 5. The van der Waals surface area contributed by atoms with Gasteiger partial charge in [0.15, 0.2) is 0 Å². The first-order chi connectivity index (χ1) is 10.4. The summed E-state index contributed by atoms with van der Waals surface area (Å²) in [6.45, 7) is 7.26. The molecule has 0 bridgehead atoms. The number of amides is 1. The van der Waals surface area contributed by atoms with Gasteiger partial charge in [-0.3, -0.25) is 9.69 Å². The fourth-order valence-electron chi connectivity index (χ4n) is 2.81. The number of ether oxygens (including phenoxy) is 1. The first-order valence-electron chi connectivity index (χ1n) is 7.81. The highest BCUT2D eigenvalue weighted by atomic mass is 79.9. The number of piperidine rings is 1. The second kappa shape index (κ2) is 7.47. The number of hydrogen-bond acceptors (Lipinski definition) is 3. The summed E-state index contributed by atoms with van der Waals surface area (Å²) in [6, 6.07) is 5.43. The van der Waals surface area contributed by atoms with Gasteiger partial charge >= 0.3 is 0 Å². The molecule has 1 fully saturated rings. The Kier molecular flexibility index (Phi) is 5.87. The van der Waals surface area contributed by atoms with Gasteiger partial charge in [0, 0.05) is 16.6 Å². The van der Waals surface area contributed by atoms with E-state index in [0.717, 1.165) is 17.6 Å². The van der Waals surface area contributed by atoms with E-state index < -0.39 is 0 Å². The normalized spacial score (nSPS) is 16.4. The first kappa shape index (κ1) is 17.3. The molecule has 4 nitrogen and oxygen atoms in total. The summed E-state index contributed by atoms with van der Waals surface area (Å²) < 4.78 is 5.97. The molecule has 0 saturated carbocycles. The molecule has 22 heavy (non-hydrogen) atoms. The van der Waals surface area contributed by atoms with Crippen molar-refractivity contribution >= 4 is 21.8 Å². The van der Waals surface area contributed by atoms with Gasteiger partial charge in [0.2, 0.25) is 0 Å². The lowest BCUT2D eigenvalue weighted by molar-refractivity contribution is 0.0797. The second-order valence-corrected chi connectivity index (χ2v) is 7.24. The monoisotopic (exact) mass is 368 g/mol. The van der Waals surface area contributed by atoms with Crippen LogP contribution in [0.3, 0.4) is 0 Å². The summed E-state index contributed by atoms with van der Waals surface area (Å²) in [5, 5.41) is 3.06. The molecule has 0 aromatic heterocycles. The van der Waals surface area contributed by atoms with E-state index in [0.29, 0.717) is 17.9 Å². The van der Waals surface area contributed by atoms with Crippen LogP contribution in [0.1, 0.15) is 43.5 Å². The summed E-state index contributed by atoms with van der Waals surface area (Å²) in [5.74, 6) is 0.611. The number of halogens is 1. The van der Waals surface area contributed by atoms with Crippen molar-refractivity contribution in [3.8, 4) is 5.75 Å². The molecule has 1 aromatic carbocycles. The molecule has 0 unspecified atom stereocenters. The molecule has 1 amide bonds. The quantitative estimate of drug-likeness (QED) is 0.865. The van der Waals surface area contributed by atoms with Crippen molar-refractivity contribution in [3.05, 3.63) is 28.2 Å². The second-order valence-electron chi connectivity index (χ2n) is 6.39. The fourth-order valence-corrected chi connectivity index (χ4v) is 3.23. The van der Waals surface area contributed by atoms with E-state index in [1.54, 1.807) is 13.2 Å². The number of likely N-dealkylation sites (tertiary alicyclic amines) is 1. The molecule has 1 heterocycles. The Hall–Kier alpha value is -1.07. The van der Waals surface area contributed by atoms with E-state index in [-0.39, 0.29) is 11.4 Å². The third-order valence-electron chi connectivity index (χ3n) is 4.31. The van der Waals surface area contributed by atoms with Gasteiger partial charge in [-0.1, -0.05) is 6.42 Å². The minimum absolute atomic E-state index is 0.0264. The van der Waals surface area contributed by atoms with Crippen molar-refractivity contribution in [2.24, 2.45) is 0 Å². The molecule has 0 spiro atoms. The Bertz CT molecular complexity index is 525. The molecule has 122 valence electrons. The van der Waals surface area contributed by atoms with Crippen molar-refractivity contribution in [1.82, 2.24) is 10.2 Å². The van der Waals surface area contributed by atoms with Gasteiger partial charge in [-0.2, -0.15) is 0 Å². The molecule has 1 saturated heterocycles. The van der Waals surface area contributed by atoms with Crippen LogP contribution in [0.25, 0.3) is 0 Å². The summed E-state index contributed by atoms with van der Waals surface area (Å²) >= 11 is 3.43. The van der Waals surface area contributed by atoms with E-state index in [4.69, 9.17) is 4.74 Å². The zero-order valence-electron chi connectivity index (χ0n) is 13.6. The highest BCUT2D eigenvalue weighted by Crippen LogP contribution is 2.23. The largest absolute Gasteiger partial charge is 0.497 e. The van der Waals surface area contributed by atoms with E-state index in [1.165, 1.54) is 19.3 Å². The molecule has 2 rings (SSSR count). The Morgan fingerprint density at radius 1 is 1.32 bits per heavy atom. The van der Waals surface area contributed by atoms with E-state index in [2.05, 4.69) is 40.0 Å². The summed E-state index contributed by atoms with van der Waals surface area (Å²) in [7, 11) is 1.60. The van der Waals surface area contributed by atoms with Gasteiger partial charge in [0.05, 0.1) is 12.7 Å². The SMILES string of the molecule is COc1ccc(Br)c(C(=O)NCC(C)(C)N2CCCCC2)c1. The predicted molar refractivity (Wildman–Crippen MR) is 92.5 cm³/mol. The fraction of sp³-hybridized carbons (Fsp3) is 0.588. The van der Waals surface area contributed by atoms with Crippen molar-refractivity contribution in [1.29, 1.82) is 0 Å². The van der Waals surface area contributed by atoms with Crippen LogP contribution in [0.2, 0.25) is 0 Å². The van der Waals surface area contributed by atoms with Crippen LogP contribution in [-0.4, -0.2) is 43.1 Å². The standard InChI is InChI=1S/C17H25BrN2O2/c1-17(2,20-9-5-4-6-10-20)12-19-16(21)14-11-13(22-3)7-8-15(14)18/h7-8,11H,4-6,9-10,12H2,1-3H3,(H,19,21). The third-order valence-corrected chi connectivity index (χ3v) is 5.00. The van der Waals surface area contributed by atoms with Gasteiger partial charge < -0.3 is 10.1 Å². The number of carbonyl (C=O) groups is 1. The summed E-state index contributed by atoms with van der Waals surface area (Å²) in [5.41, 5.74) is 0.579. The maximum atomic E-state index is 12.4. The van der Waals surface area contributed by atoms with Crippen LogP contribution in [-0.2, 0) is 0 Å². The predicted octanol–water partition coefficient (Wildman–Crippen LogP) is 3.45. The van der Waals surface area contributed by atoms with Crippen molar-refractivity contribution in [2.45, 2.75) is 38.6 Å². The van der Waals surface area contributed by atoms with E-state index in [1.807, 2.05) is 12.1 Å². The molecule has 0 radical (unpaired) electrons. The minimum Gasteiger partial charge on any atom is -0.497 e. The molecule has 1 aromatic rings. The number of methoxy groups -OCH3 is 1. The zero-order chi connectivity index (χ0) is 16.2. The Morgan fingerprint density at radius 3 is 2.64 bits per heavy atom. The average Bonchev–Trinajstić information content (AvgIpc) is 2.54. The van der Waals surface area contributed by atoms with Crippen LogP contribution in [0.5, 0.6) is 5.75 Å². The molecule has 1 N–H and O–H groups in total. The zero-order valence-corrected chi connectivity index (χ0v) is 15.2. The number of benzene rings is 1. The van der Waals surface area contributed by atoms with Gasteiger partial charge in [-0.05, 0) is 73.9 Å². The lowest BCUT2D eigenvalue weighted by atomic mass is 9.98. The summed E-state index contributed by atoms with van der Waals surface area (Å²) in [4.78, 5) is 14.9. The Morgan fingerprint density at radius 2 is 2.00 bits per heavy atom. The number of carbonyl (C=O) groups excluding carboxylic acids is 1. The van der Waals surface area contributed by atoms with E-state index in [9.17, 15) is 4.79 Å². The highest BCUT2D eigenvalue weighted by Gasteiger charge is 2.28. The van der Waals surface area contributed by atoms with Gasteiger partial charge in [-0.25, -0.2) is 0 Å². The molecule has 1 aliphatic rings. The topological polar surface area (TPSA) is 41.6 Å². The molecular formula is C17H25BrN2O2. The number of nitrogens with zero attached hydrogens (tertiary/aromatic N) is 1. The van der Waals surface area contributed by atoms with Crippen LogP contribution >= 0.6 is 15.9 Å². The smallest absolute Gasteiger partial charge is 0.252 e. The molecule has 0 aliphatic carbocycles. The number of hydrogen-bond donors (Lipinski definition) is 1. The van der Waals surface area contributed by atoms with Crippen molar-refractivity contribution in [3.63, 3.8) is 0 Å². The van der Waals surface area contributed by atoms with Crippen molar-refractivity contribution in [2.75, 3.05) is 26.7 Å². The molecule has 1 aliphatic heterocycles. The minimum atomic E-state index is -0.0733. The molecular weight excluding hydrogens is 344 g/mol. The van der Waals surface area contributed by atoms with Gasteiger partial charge in [0.25, 0.3) is 5.91 Å². The molecule has 5 heteroatoms. The highest BCUT2D eigenvalue weighted by molar-refractivity contribution is 9.10. The maximum absolute atomic E-state index is 12.4. The van der Waals surface area contributed by atoms with Crippen LogP contribution < -0.4 is 10.1 Å². The first-order valence-corrected chi connectivity index (χ1v) is 8.60. The van der Waals surface area contributed by atoms with Gasteiger partial charge in [0.1, 0.15) is 5.75 Å². The van der Waals surface area contributed by atoms with Crippen molar-refractivity contribution < 1.29 is 9.53 Å². The van der Waals surface area contributed by atoms with E-state index >= 15 is 0 Å². The van der Waals surface area contributed by atoms with Crippen LogP contribution in [0.15, 0.2) is 22.7 Å².